The lowest BCUT2D eigenvalue weighted by molar-refractivity contribution is -0.127. The zero-order valence-corrected chi connectivity index (χ0v) is 14.6. The molecule has 1 amide bonds. The molecule has 0 saturated carbocycles. The van der Waals surface area contributed by atoms with E-state index in [2.05, 4.69) is 50.4 Å². The summed E-state index contributed by atoms with van der Waals surface area (Å²) in [4.78, 5) is 14.2. The molecule has 0 bridgehead atoms. The van der Waals surface area contributed by atoms with Gasteiger partial charge in [-0.3, -0.25) is 4.79 Å². The second-order valence-corrected chi connectivity index (χ2v) is 7.33. The summed E-state index contributed by atoms with van der Waals surface area (Å²) < 4.78 is 0. The summed E-state index contributed by atoms with van der Waals surface area (Å²) in [5.74, 6) is 0.292. The van der Waals surface area contributed by atoms with Gasteiger partial charge < -0.3 is 10.2 Å². The van der Waals surface area contributed by atoms with E-state index in [9.17, 15) is 4.79 Å². The average molecular weight is 318 g/mol. The van der Waals surface area contributed by atoms with Gasteiger partial charge in [-0.15, -0.1) is 0 Å². The highest BCUT2D eigenvalue weighted by Gasteiger charge is 2.19. The molecular weight excluding hydrogens is 292 g/mol. The van der Waals surface area contributed by atoms with Crippen molar-refractivity contribution in [1.82, 2.24) is 10.2 Å². The van der Waals surface area contributed by atoms with Crippen LogP contribution in [-0.4, -0.2) is 35.4 Å². The minimum absolute atomic E-state index is 0.163. The van der Waals surface area contributed by atoms with Crippen LogP contribution in [0.15, 0.2) is 24.3 Å². The Morgan fingerprint density at radius 3 is 2.50 bits per heavy atom. The molecule has 0 aliphatic carbocycles. The third kappa shape index (κ3) is 4.54. The molecule has 120 valence electrons. The lowest BCUT2D eigenvalue weighted by atomic mass is 9.87. The lowest BCUT2D eigenvalue weighted by Crippen LogP contribution is -2.30. The van der Waals surface area contributed by atoms with Gasteiger partial charge in [-0.2, -0.15) is 0 Å². The summed E-state index contributed by atoms with van der Waals surface area (Å²) >= 11 is 5.44. The number of carbonyl (C=O) groups is 1. The fourth-order valence-electron chi connectivity index (χ4n) is 2.64. The van der Waals surface area contributed by atoms with Crippen molar-refractivity contribution in [2.45, 2.75) is 45.4 Å². The Morgan fingerprint density at radius 1 is 1.27 bits per heavy atom. The number of hydrogen-bond donors (Lipinski definition) is 1. The van der Waals surface area contributed by atoms with Crippen molar-refractivity contribution in [1.29, 1.82) is 0 Å². The summed E-state index contributed by atoms with van der Waals surface area (Å²) in [6.07, 6.45) is 2.66. The minimum Gasteiger partial charge on any atom is -0.376 e. The Bertz CT molecular complexity index is 531. The lowest BCUT2D eigenvalue weighted by Gasteiger charge is -2.19. The van der Waals surface area contributed by atoms with Gasteiger partial charge in [0.1, 0.15) is 4.99 Å². The third-order valence-corrected chi connectivity index (χ3v) is 4.45. The Labute approximate surface area is 139 Å². The van der Waals surface area contributed by atoms with Crippen LogP contribution in [0.25, 0.3) is 0 Å². The molecule has 1 aromatic carbocycles. The second-order valence-electron chi connectivity index (χ2n) is 6.92. The van der Waals surface area contributed by atoms with E-state index in [1.807, 2.05) is 4.90 Å². The topological polar surface area (TPSA) is 32.3 Å². The molecule has 1 heterocycles. The highest BCUT2D eigenvalue weighted by Crippen LogP contribution is 2.22. The number of nitrogens with one attached hydrogen (secondary N) is 1. The molecule has 2 rings (SSSR count). The van der Waals surface area contributed by atoms with Crippen molar-refractivity contribution in [3.8, 4) is 0 Å². The van der Waals surface area contributed by atoms with Crippen LogP contribution in [0.2, 0.25) is 0 Å². The first-order valence-electron chi connectivity index (χ1n) is 8.04. The average Bonchev–Trinajstić information content (AvgIpc) is 2.88. The fraction of sp³-hybridized carbons (Fsp3) is 0.556. The van der Waals surface area contributed by atoms with Crippen molar-refractivity contribution >= 4 is 23.1 Å². The first-order chi connectivity index (χ1) is 10.4. The van der Waals surface area contributed by atoms with Gasteiger partial charge in [-0.05, 0) is 23.8 Å². The molecule has 1 saturated heterocycles. The normalized spacial score (nSPS) is 15.2. The van der Waals surface area contributed by atoms with Crippen LogP contribution in [0.1, 0.15) is 51.2 Å². The number of amides is 1. The van der Waals surface area contributed by atoms with E-state index in [1.165, 1.54) is 5.56 Å². The van der Waals surface area contributed by atoms with Crippen LogP contribution in [0.3, 0.4) is 0 Å². The first-order valence-corrected chi connectivity index (χ1v) is 8.45. The van der Waals surface area contributed by atoms with Crippen molar-refractivity contribution in [3.05, 3.63) is 35.4 Å². The van der Waals surface area contributed by atoms with Crippen LogP contribution in [-0.2, 0) is 10.2 Å². The summed E-state index contributed by atoms with van der Waals surface area (Å²) in [6.45, 7) is 9.17. The maximum absolute atomic E-state index is 11.5. The van der Waals surface area contributed by atoms with E-state index in [0.29, 0.717) is 12.3 Å². The minimum atomic E-state index is 0.163. The van der Waals surface area contributed by atoms with Crippen molar-refractivity contribution < 1.29 is 4.79 Å². The van der Waals surface area contributed by atoms with E-state index < -0.39 is 0 Å². The molecule has 0 spiro atoms. The van der Waals surface area contributed by atoms with Gasteiger partial charge in [0.15, 0.2) is 0 Å². The molecule has 0 atom stereocenters. The number of carbonyl (C=O) groups excluding carboxylic acids is 1. The maximum Gasteiger partial charge on any atom is 0.222 e. The van der Waals surface area contributed by atoms with Crippen LogP contribution in [0.4, 0.5) is 0 Å². The largest absolute Gasteiger partial charge is 0.376 e. The predicted octanol–water partition coefficient (Wildman–Crippen LogP) is 3.26. The van der Waals surface area contributed by atoms with Gasteiger partial charge >= 0.3 is 0 Å². The smallest absolute Gasteiger partial charge is 0.222 e. The summed E-state index contributed by atoms with van der Waals surface area (Å²) in [5, 5.41) is 3.29. The highest BCUT2D eigenvalue weighted by atomic mass is 32.1. The van der Waals surface area contributed by atoms with Gasteiger partial charge in [-0.1, -0.05) is 57.3 Å². The van der Waals surface area contributed by atoms with Gasteiger partial charge in [0.25, 0.3) is 0 Å². The molecule has 0 aromatic heterocycles. The van der Waals surface area contributed by atoms with E-state index in [1.54, 1.807) is 0 Å². The first kappa shape index (κ1) is 16.9. The highest BCUT2D eigenvalue weighted by molar-refractivity contribution is 7.80. The van der Waals surface area contributed by atoms with Crippen LogP contribution < -0.4 is 5.32 Å². The second kappa shape index (κ2) is 7.23. The van der Waals surface area contributed by atoms with Gasteiger partial charge in [0.05, 0.1) is 0 Å². The van der Waals surface area contributed by atoms with E-state index >= 15 is 0 Å². The molecule has 1 aliphatic heterocycles. The molecule has 4 heteroatoms. The van der Waals surface area contributed by atoms with Gasteiger partial charge in [0, 0.05) is 31.6 Å². The predicted molar refractivity (Wildman–Crippen MR) is 95.3 cm³/mol. The standard InChI is InChI=1S/C18H26N2OS/c1-18(2,3)15-9-7-14(8-10-15)17(22)19-11-5-13-20-12-4-6-16(20)21/h7-10H,4-6,11-13H2,1-3H3,(H,19,22). The van der Waals surface area contributed by atoms with Crippen molar-refractivity contribution in [3.63, 3.8) is 0 Å². The maximum atomic E-state index is 11.5. The molecule has 1 aliphatic rings. The van der Waals surface area contributed by atoms with Crippen LogP contribution in [0, 0.1) is 0 Å². The molecule has 1 N–H and O–H groups in total. The summed E-state index contributed by atoms with van der Waals surface area (Å²) in [5.41, 5.74) is 2.53. The van der Waals surface area contributed by atoms with Crippen molar-refractivity contribution in [2.75, 3.05) is 19.6 Å². The van der Waals surface area contributed by atoms with Gasteiger partial charge in [0.2, 0.25) is 5.91 Å². The molecular formula is C18H26N2OS. The van der Waals surface area contributed by atoms with Crippen molar-refractivity contribution in [2.24, 2.45) is 0 Å². The number of likely N-dealkylation sites (tertiary alicyclic amines) is 1. The Balaban J connectivity index is 1.76. The monoisotopic (exact) mass is 318 g/mol. The molecule has 0 unspecified atom stereocenters. The molecule has 0 radical (unpaired) electrons. The number of rotatable bonds is 5. The van der Waals surface area contributed by atoms with Gasteiger partial charge in [-0.25, -0.2) is 0 Å². The van der Waals surface area contributed by atoms with Crippen LogP contribution >= 0.6 is 12.2 Å². The number of benzene rings is 1. The quantitative estimate of drug-likeness (QED) is 0.668. The van der Waals surface area contributed by atoms with E-state index in [4.69, 9.17) is 12.2 Å². The summed E-state index contributed by atoms with van der Waals surface area (Å²) in [6, 6.07) is 8.46. The Morgan fingerprint density at radius 2 is 1.95 bits per heavy atom. The zero-order valence-electron chi connectivity index (χ0n) is 13.8. The Hall–Kier alpha value is -1.42. The number of hydrogen-bond acceptors (Lipinski definition) is 2. The third-order valence-electron chi connectivity index (χ3n) is 4.07. The van der Waals surface area contributed by atoms with Crippen LogP contribution in [0.5, 0.6) is 0 Å². The fourth-order valence-corrected chi connectivity index (χ4v) is 2.87. The SMILES string of the molecule is CC(C)(C)c1ccc(C(=S)NCCCN2CCCC2=O)cc1. The molecule has 1 fully saturated rings. The molecule has 1 aromatic rings. The van der Waals surface area contributed by atoms with E-state index in [0.717, 1.165) is 43.0 Å². The molecule has 3 nitrogen and oxygen atoms in total. The summed E-state index contributed by atoms with van der Waals surface area (Å²) in [7, 11) is 0. The number of nitrogens with zero attached hydrogens (tertiary/aromatic N) is 1. The van der Waals surface area contributed by atoms with E-state index in [-0.39, 0.29) is 5.41 Å². The number of thiocarbonyl (C=S) groups is 1. The Kier molecular flexibility index (Phi) is 5.57. The zero-order chi connectivity index (χ0) is 16.2. The molecule has 22 heavy (non-hydrogen) atoms.